The topological polar surface area (TPSA) is 132 Å². The molecule has 0 aliphatic carbocycles. The van der Waals surface area contributed by atoms with Crippen LogP contribution < -0.4 is 10.3 Å². The number of imidazole rings is 1. The number of carbonyl (C=O) groups excluding carboxylic acids is 2. The first-order chi connectivity index (χ1) is 19.8. The van der Waals surface area contributed by atoms with Gasteiger partial charge in [-0.15, -0.1) is 0 Å². The van der Waals surface area contributed by atoms with Gasteiger partial charge in [0.15, 0.2) is 0 Å². The molecule has 1 fully saturated rings. The molecule has 11 heteroatoms. The summed E-state index contributed by atoms with van der Waals surface area (Å²) in [5.41, 5.74) is 2.51. The number of benzene rings is 2. The van der Waals surface area contributed by atoms with Crippen molar-refractivity contribution < 1.29 is 19.4 Å². The van der Waals surface area contributed by atoms with Crippen LogP contribution in [0, 0.1) is 0 Å². The predicted molar refractivity (Wildman–Crippen MR) is 157 cm³/mol. The Morgan fingerprint density at radius 3 is 2.61 bits per heavy atom. The number of aliphatic hydroxyl groups is 1. The number of aryl methyl sites for hydroxylation is 1. The largest absolute Gasteiger partial charge is 0.491 e. The third-order valence-corrected chi connectivity index (χ3v) is 8.34. The van der Waals surface area contributed by atoms with E-state index in [0.717, 1.165) is 30.4 Å². The van der Waals surface area contributed by atoms with Gasteiger partial charge in [0, 0.05) is 16.7 Å². The third kappa shape index (κ3) is 5.44. The van der Waals surface area contributed by atoms with Crippen molar-refractivity contribution in [3.05, 3.63) is 80.2 Å². The zero-order chi connectivity index (χ0) is 28.7. The number of piperidine rings is 1. The number of hydrogen-bond acceptors (Lipinski definition) is 7. The number of halogens is 1. The van der Waals surface area contributed by atoms with Crippen LogP contribution in [-0.4, -0.2) is 80.6 Å². The van der Waals surface area contributed by atoms with Crippen molar-refractivity contribution >= 4 is 38.8 Å². The minimum atomic E-state index is -0.746. The number of likely N-dealkylation sites (tertiary alicyclic amines) is 1. The predicted octanol–water partition coefficient (Wildman–Crippen LogP) is 3.74. The van der Waals surface area contributed by atoms with Crippen LogP contribution >= 0.6 is 15.9 Å². The molecule has 41 heavy (non-hydrogen) atoms. The van der Waals surface area contributed by atoms with Crippen LogP contribution in [-0.2, 0) is 6.42 Å². The molecule has 2 aromatic heterocycles. The molecule has 0 radical (unpaired) electrons. The van der Waals surface area contributed by atoms with E-state index in [1.54, 1.807) is 24.4 Å². The van der Waals surface area contributed by atoms with Crippen molar-refractivity contribution in [3.8, 4) is 17.1 Å². The number of amides is 2. The molecule has 1 saturated heterocycles. The van der Waals surface area contributed by atoms with E-state index in [0.29, 0.717) is 57.7 Å². The van der Waals surface area contributed by atoms with Gasteiger partial charge in [-0.25, -0.2) is 4.98 Å². The zero-order valence-corrected chi connectivity index (χ0v) is 24.1. The number of pyridine rings is 1. The Hall–Kier alpha value is -3.80. The van der Waals surface area contributed by atoms with Gasteiger partial charge in [-0.2, -0.15) is 0 Å². The number of rotatable bonds is 8. The quantitative estimate of drug-likeness (QED) is 0.256. The Kier molecular flexibility index (Phi) is 7.50. The molecule has 0 saturated carbocycles. The molecule has 2 aliphatic heterocycles. The highest BCUT2D eigenvalue weighted by molar-refractivity contribution is 9.10. The summed E-state index contributed by atoms with van der Waals surface area (Å²) in [6.45, 7) is 1.79. The van der Waals surface area contributed by atoms with E-state index in [2.05, 4.69) is 35.8 Å². The minimum Gasteiger partial charge on any atom is -0.491 e. The Balaban J connectivity index is 1.21. The maximum atomic E-state index is 13.3. The lowest BCUT2D eigenvalue weighted by Gasteiger charge is -2.33. The van der Waals surface area contributed by atoms with Crippen LogP contribution in [0.25, 0.3) is 22.4 Å². The first-order valence-electron chi connectivity index (χ1n) is 13.7. The first-order valence-corrected chi connectivity index (χ1v) is 14.5. The second-order valence-corrected chi connectivity index (χ2v) is 11.6. The van der Waals surface area contributed by atoms with E-state index in [9.17, 15) is 19.5 Å². The van der Waals surface area contributed by atoms with E-state index in [1.807, 2.05) is 31.3 Å². The fraction of sp³-hybridized carbons (Fsp3) is 0.333. The fourth-order valence-electron chi connectivity index (χ4n) is 5.61. The number of hydrogen-bond donors (Lipinski definition) is 3. The van der Waals surface area contributed by atoms with Crippen LogP contribution in [0.1, 0.15) is 45.5 Å². The number of nitrogens with one attached hydrogen (secondary N) is 2. The number of aromatic amines is 2. The Labute approximate surface area is 244 Å². The van der Waals surface area contributed by atoms with Gasteiger partial charge in [-0.05, 0) is 87.8 Å². The number of H-pyrrole nitrogens is 2. The fourth-order valence-corrected chi connectivity index (χ4v) is 5.99. The molecule has 1 atom stereocenters. The Morgan fingerprint density at radius 1 is 1.10 bits per heavy atom. The average Bonchev–Trinajstić information content (AvgIpc) is 3.47. The molecule has 2 aliphatic rings. The van der Waals surface area contributed by atoms with Crippen molar-refractivity contribution in [2.45, 2.75) is 37.8 Å². The van der Waals surface area contributed by atoms with Gasteiger partial charge < -0.3 is 24.7 Å². The Bertz CT molecular complexity index is 1640. The second-order valence-electron chi connectivity index (χ2n) is 10.7. The summed E-state index contributed by atoms with van der Waals surface area (Å²) in [6.07, 6.45) is 3.12. The number of nitrogens with zero attached hydrogens (tertiary/aromatic N) is 3. The van der Waals surface area contributed by atoms with E-state index in [4.69, 9.17) is 4.74 Å². The summed E-state index contributed by atoms with van der Waals surface area (Å²) in [4.78, 5) is 53.6. The molecular weight excluding hydrogens is 590 g/mol. The molecular formula is C30H30BrN5O5. The van der Waals surface area contributed by atoms with Crippen LogP contribution in [0.15, 0.2) is 57.9 Å². The van der Waals surface area contributed by atoms with Gasteiger partial charge in [0.25, 0.3) is 17.4 Å². The molecule has 3 N–H and O–H groups in total. The summed E-state index contributed by atoms with van der Waals surface area (Å²) in [6, 6.07) is 12.4. The molecule has 4 heterocycles. The highest BCUT2D eigenvalue weighted by Crippen LogP contribution is 2.32. The van der Waals surface area contributed by atoms with Crippen LogP contribution in [0.3, 0.4) is 0 Å². The van der Waals surface area contributed by atoms with Crippen molar-refractivity contribution in [3.63, 3.8) is 0 Å². The molecule has 6 rings (SSSR count). The monoisotopic (exact) mass is 619 g/mol. The smallest absolute Gasteiger partial charge is 0.261 e. The van der Waals surface area contributed by atoms with Crippen molar-refractivity contribution in [2.75, 3.05) is 26.7 Å². The van der Waals surface area contributed by atoms with Gasteiger partial charge in [0.05, 0.1) is 33.8 Å². The summed E-state index contributed by atoms with van der Waals surface area (Å²) in [5.74, 6) is 0.418. The lowest BCUT2D eigenvalue weighted by atomic mass is 10.0. The molecule has 0 spiro atoms. The normalized spacial score (nSPS) is 16.9. The van der Waals surface area contributed by atoms with Gasteiger partial charge in [-0.3, -0.25) is 19.3 Å². The third-order valence-electron chi connectivity index (χ3n) is 7.84. The van der Waals surface area contributed by atoms with E-state index in [-0.39, 0.29) is 30.0 Å². The standard InChI is InChI=1S/C30H30BrN5O5/c1-35-11-8-19(9-12-35)36-29(39)22-14-24-25(15-23(22)30(36)40)34-27(33-24)26-17(7-10-32-28(26)38)5-6-20(37)16-41-21-4-2-3-18(31)13-21/h2-4,7,10,13-15,19-20,37H,5-6,8-9,11-12,16H2,1H3,(H,32,38)(H,33,34)/t20-/m1/s1. The van der Waals surface area contributed by atoms with Gasteiger partial charge in [0.2, 0.25) is 0 Å². The number of aromatic nitrogens is 3. The number of fused-ring (bicyclic) bond motifs is 2. The zero-order valence-electron chi connectivity index (χ0n) is 22.5. The SMILES string of the molecule is CN1CCC(N2C(=O)c3cc4nc(-c5c(CC[C@@H](O)COc6cccc(Br)c6)cc[nH]c5=O)[nH]c4cc3C2=O)CC1. The maximum Gasteiger partial charge on any atom is 0.261 e. The lowest BCUT2D eigenvalue weighted by molar-refractivity contribution is 0.0516. The molecule has 4 aromatic rings. The molecule has 0 bridgehead atoms. The second kappa shape index (κ2) is 11.2. The highest BCUT2D eigenvalue weighted by atomic mass is 79.9. The number of ether oxygens (including phenoxy) is 1. The maximum absolute atomic E-state index is 13.3. The lowest BCUT2D eigenvalue weighted by Crippen LogP contribution is -2.46. The summed E-state index contributed by atoms with van der Waals surface area (Å²) in [5, 5.41) is 10.5. The summed E-state index contributed by atoms with van der Waals surface area (Å²) >= 11 is 3.40. The molecule has 2 aromatic carbocycles. The van der Waals surface area contributed by atoms with E-state index >= 15 is 0 Å². The van der Waals surface area contributed by atoms with Crippen LogP contribution in [0.2, 0.25) is 0 Å². The molecule has 2 amide bonds. The van der Waals surface area contributed by atoms with Crippen molar-refractivity contribution in [1.82, 2.24) is 24.8 Å². The first kappa shape index (κ1) is 27.4. The summed E-state index contributed by atoms with van der Waals surface area (Å²) < 4.78 is 6.58. The molecule has 0 unspecified atom stereocenters. The molecule has 212 valence electrons. The van der Waals surface area contributed by atoms with Gasteiger partial charge in [-0.1, -0.05) is 22.0 Å². The highest BCUT2D eigenvalue weighted by Gasteiger charge is 2.41. The average molecular weight is 621 g/mol. The number of imide groups is 1. The van der Waals surface area contributed by atoms with Gasteiger partial charge >= 0.3 is 0 Å². The Morgan fingerprint density at radius 2 is 1.85 bits per heavy atom. The van der Waals surface area contributed by atoms with Gasteiger partial charge in [0.1, 0.15) is 18.2 Å². The minimum absolute atomic E-state index is 0.110. The number of aliphatic hydroxyl groups excluding tert-OH is 1. The summed E-state index contributed by atoms with van der Waals surface area (Å²) in [7, 11) is 2.04. The van der Waals surface area contributed by atoms with Crippen LogP contribution in [0.4, 0.5) is 0 Å². The van der Waals surface area contributed by atoms with Crippen molar-refractivity contribution in [2.24, 2.45) is 0 Å². The van der Waals surface area contributed by atoms with Crippen molar-refractivity contribution in [1.29, 1.82) is 0 Å². The van der Waals surface area contributed by atoms with E-state index in [1.165, 1.54) is 4.90 Å². The van der Waals surface area contributed by atoms with Crippen LogP contribution in [0.5, 0.6) is 5.75 Å². The molecule has 10 nitrogen and oxygen atoms in total. The van der Waals surface area contributed by atoms with E-state index < -0.39 is 6.10 Å². The number of carbonyl (C=O) groups is 2.